The van der Waals surface area contributed by atoms with Crippen LogP contribution in [0.25, 0.3) is 0 Å². The summed E-state index contributed by atoms with van der Waals surface area (Å²) in [5, 5.41) is 5.65. The van der Waals surface area contributed by atoms with Crippen molar-refractivity contribution in [3.05, 3.63) is 111 Å². The number of carbonyl (C=O) groups is 3. The van der Waals surface area contributed by atoms with Crippen LogP contribution in [-0.2, 0) is 6.54 Å². The van der Waals surface area contributed by atoms with Crippen LogP contribution < -0.4 is 10.6 Å². The van der Waals surface area contributed by atoms with Gasteiger partial charge in [0.05, 0.1) is 0 Å². The summed E-state index contributed by atoms with van der Waals surface area (Å²) < 4.78 is 0. The second kappa shape index (κ2) is 8.93. The fourth-order valence-electron chi connectivity index (χ4n) is 3.36. The third-order valence-electron chi connectivity index (χ3n) is 5.03. The normalized spacial score (nSPS) is 12.8. The van der Waals surface area contributed by atoms with E-state index in [0.29, 0.717) is 27.9 Å². The molecule has 1 aliphatic carbocycles. The fourth-order valence-corrected chi connectivity index (χ4v) is 3.61. The first kappa shape index (κ1) is 21.1. The Bertz CT molecular complexity index is 1320. The van der Waals surface area contributed by atoms with Gasteiger partial charge >= 0.3 is 0 Å². The van der Waals surface area contributed by atoms with Crippen molar-refractivity contribution in [2.24, 2.45) is 0 Å². The number of benzene rings is 3. The topological polar surface area (TPSA) is 75.3 Å². The molecule has 1 aliphatic rings. The maximum absolute atomic E-state index is 12.7. The van der Waals surface area contributed by atoms with Crippen molar-refractivity contribution in [1.29, 1.82) is 0 Å². The van der Waals surface area contributed by atoms with Gasteiger partial charge in [-0.25, -0.2) is 0 Å². The van der Waals surface area contributed by atoms with Crippen molar-refractivity contribution in [3.8, 4) is 12.3 Å². The Morgan fingerprint density at radius 1 is 0.906 bits per heavy atom. The number of nitrogens with one attached hydrogen (secondary N) is 2. The second-order valence-electron chi connectivity index (χ2n) is 7.12. The minimum Gasteiger partial charge on any atom is -0.376 e. The molecule has 0 spiro atoms. The molecule has 0 aromatic heterocycles. The van der Waals surface area contributed by atoms with E-state index in [4.69, 9.17) is 18.0 Å². The number of allylic oxidation sites excluding steroid dienone is 2. The average molecular weight is 441 g/mol. The summed E-state index contributed by atoms with van der Waals surface area (Å²) in [6.07, 6.45) is 5.39. The third kappa shape index (κ3) is 4.18. The van der Waals surface area contributed by atoms with Gasteiger partial charge in [-0.2, -0.15) is 0 Å². The molecule has 1 amide bonds. The highest BCUT2D eigenvalue weighted by molar-refractivity contribution is 6.49. The van der Waals surface area contributed by atoms with Crippen LogP contribution in [0, 0.1) is 12.3 Å². The zero-order valence-corrected chi connectivity index (χ0v) is 17.6. The van der Waals surface area contributed by atoms with E-state index in [9.17, 15) is 14.4 Å². The summed E-state index contributed by atoms with van der Waals surface area (Å²) in [5.74, 6) is 1.55. The first-order chi connectivity index (χ1) is 15.5. The van der Waals surface area contributed by atoms with E-state index >= 15 is 0 Å². The molecule has 0 fully saturated rings. The van der Waals surface area contributed by atoms with Crippen LogP contribution in [0.5, 0.6) is 0 Å². The van der Waals surface area contributed by atoms with E-state index in [1.165, 1.54) is 0 Å². The van der Waals surface area contributed by atoms with Gasteiger partial charge in [0.25, 0.3) is 5.91 Å². The predicted octanol–water partition coefficient (Wildman–Crippen LogP) is 4.54. The number of halogens is 1. The lowest BCUT2D eigenvalue weighted by Gasteiger charge is -2.19. The minimum absolute atomic E-state index is 0.0746. The Hall–Kier alpha value is -4.14. The number of ketones is 2. The van der Waals surface area contributed by atoms with Crippen LogP contribution >= 0.6 is 11.6 Å². The highest BCUT2D eigenvalue weighted by Crippen LogP contribution is 2.27. The zero-order valence-electron chi connectivity index (χ0n) is 16.8. The van der Waals surface area contributed by atoms with Gasteiger partial charge < -0.3 is 10.6 Å². The van der Waals surface area contributed by atoms with Gasteiger partial charge in [-0.15, -0.1) is 6.42 Å². The SMILES string of the molecule is C#Cc1cccc(NC(=O)c2ccc(CNC3=C(Cl)C(=O)c4ccccc4C3=O)cc2)c1. The molecule has 0 bridgehead atoms. The zero-order chi connectivity index (χ0) is 22.7. The number of fused-ring (bicyclic) bond motifs is 1. The lowest BCUT2D eigenvalue weighted by atomic mass is 9.92. The van der Waals surface area contributed by atoms with Gasteiger partial charge in [-0.05, 0) is 35.9 Å². The van der Waals surface area contributed by atoms with Crippen molar-refractivity contribution >= 4 is 34.8 Å². The van der Waals surface area contributed by atoms with Gasteiger partial charge in [-0.1, -0.05) is 60.0 Å². The van der Waals surface area contributed by atoms with Crippen LogP contribution in [0.3, 0.4) is 0 Å². The number of Topliss-reactive ketones (excluding diaryl/α,β-unsaturated/α-hetero) is 2. The monoisotopic (exact) mass is 440 g/mol. The summed E-state index contributed by atoms with van der Waals surface area (Å²) in [5.41, 5.74) is 3.27. The molecule has 2 N–H and O–H groups in total. The molecule has 0 radical (unpaired) electrons. The highest BCUT2D eigenvalue weighted by Gasteiger charge is 2.30. The van der Waals surface area contributed by atoms with E-state index in [0.717, 1.165) is 5.56 Å². The maximum atomic E-state index is 12.7. The quantitative estimate of drug-likeness (QED) is 0.571. The largest absolute Gasteiger partial charge is 0.376 e. The second-order valence-corrected chi connectivity index (χ2v) is 7.50. The van der Waals surface area contributed by atoms with Crippen LogP contribution in [0.15, 0.2) is 83.5 Å². The molecule has 32 heavy (non-hydrogen) atoms. The number of terminal acetylenes is 1. The molecule has 0 saturated carbocycles. The number of rotatable bonds is 5. The summed E-state index contributed by atoms with van der Waals surface area (Å²) in [6, 6.07) is 20.5. The van der Waals surface area contributed by atoms with Crippen molar-refractivity contribution in [1.82, 2.24) is 5.32 Å². The molecule has 0 aliphatic heterocycles. The van der Waals surface area contributed by atoms with Gasteiger partial charge in [0, 0.05) is 34.5 Å². The lowest BCUT2D eigenvalue weighted by Crippen LogP contribution is -2.28. The number of carbonyl (C=O) groups excluding carboxylic acids is 3. The molecular weight excluding hydrogens is 424 g/mol. The first-order valence-electron chi connectivity index (χ1n) is 9.77. The van der Waals surface area contributed by atoms with Crippen LogP contribution in [0.1, 0.15) is 42.2 Å². The molecule has 3 aromatic rings. The Kier molecular flexibility index (Phi) is 5.89. The average Bonchev–Trinajstić information content (AvgIpc) is 2.83. The Balaban J connectivity index is 1.44. The number of amides is 1. The van der Waals surface area contributed by atoms with Gasteiger partial charge in [0.2, 0.25) is 11.6 Å². The smallest absolute Gasteiger partial charge is 0.255 e. The van der Waals surface area contributed by atoms with E-state index < -0.39 is 0 Å². The van der Waals surface area contributed by atoms with E-state index in [1.807, 2.05) is 0 Å². The summed E-state index contributed by atoms with van der Waals surface area (Å²) >= 11 is 6.17. The molecule has 4 rings (SSSR count). The molecule has 6 heteroatoms. The summed E-state index contributed by atoms with van der Waals surface area (Å²) in [4.78, 5) is 37.7. The molecule has 5 nitrogen and oxygen atoms in total. The first-order valence-corrected chi connectivity index (χ1v) is 10.1. The maximum Gasteiger partial charge on any atom is 0.255 e. The van der Waals surface area contributed by atoms with Crippen LogP contribution in [0.2, 0.25) is 0 Å². The molecule has 0 heterocycles. The van der Waals surface area contributed by atoms with E-state index in [1.54, 1.807) is 72.8 Å². The summed E-state index contributed by atoms with van der Waals surface area (Å²) in [7, 11) is 0. The number of anilines is 1. The molecular formula is C26H17ClN2O3. The standard InChI is InChI=1S/C26H17ClN2O3/c1-2-16-6-5-7-19(14-16)29-26(32)18-12-10-17(11-13-18)15-28-23-22(27)24(30)20-8-3-4-9-21(20)25(23)31/h1,3-14,28H,15H2,(H,29,32). The Morgan fingerprint density at radius 2 is 1.59 bits per heavy atom. The Morgan fingerprint density at radius 3 is 2.28 bits per heavy atom. The Labute approximate surface area is 190 Å². The highest BCUT2D eigenvalue weighted by atomic mass is 35.5. The van der Waals surface area contributed by atoms with Crippen molar-refractivity contribution in [3.63, 3.8) is 0 Å². The number of hydrogen-bond acceptors (Lipinski definition) is 4. The molecule has 0 saturated heterocycles. The molecule has 156 valence electrons. The minimum atomic E-state index is -0.384. The molecule has 0 unspecified atom stereocenters. The van der Waals surface area contributed by atoms with Gasteiger partial charge in [0.1, 0.15) is 10.7 Å². The number of hydrogen-bond donors (Lipinski definition) is 2. The van der Waals surface area contributed by atoms with Gasteiger partial charge in [0.15, 0.2) is 0 Å². The van der Waals surface area contributed by atoms with Crippen molar-refractivity contribution < 1.29 is 14.4 Å². The van der Waals surface area contributed by atoms with E-state index in [2.05, 4.69) is 16.6 Å². The van der Waals surface area contributed by atoms with Crippen LogP contribution in [0.4, 0.5) is 5.69 Å². The van der Waals surface area contributed by atoms with Crippen LogP contribution in [-0.4, -0.2) is 17.5 Å². The van der Waals surface area contributed by atoms with E-state index in [-0.39, 0.29) is 34.7 Å². The lowest BCUT2D eigenvalue weighted by molar-refractivity contribution is 0.0974. The van der Waals surface area contributed by atoms with Crippen molar-refractivity contribution in [2.45, 2.75) is 6.54 Å². The van der Waals surface area contributed by atoms with Gasteiger partial charge in [-0.3, -0.25) is 14.4 Å². The molecule has 0 atom stereocenters. The molecule has 3 aromatic carbocycles. The van der Waals surface area contributed by atoms with Crippen molar-refractivity contribution in [2.75, 3.05) is 5.32 Å². The predicted molar refractivity (Wildman–Crippen MR) is 124 cm³/mol. The third-order valence-corrected chi connectivity index (χ3v) is 5.40. The fraction of sp³-hybridized carbons (Fsp3) is 0.0385. The summed E-state index contributed by atoms with van der Waals surface area (Å²) in [6.45, 7) is 0.263.